The first-order valence-electron chi connectivity index (χ1n) is 6.32. The SMILES string of the molecule is N#Cc1ccc(-c2ncc(-n3ccnc3)cc2[N+](=O)[O-])cc1. The molecular weight excluding hydrogens is 282 g/mol. The van der Waals surface area contributed by atoms with Gasteiger partial charge in [-0.2, -0.15) is 5.26 Å². The second kappa shape index (κ2) is 5.46. The zero-order valence-corrected chi connectivity index (χ0v) is 11.2. The Hall–Kier alpha value is -3.53. The van der Waals surface area contributed by atoms with Crippen LogP contribution in [0, 0.1) is 21.4 Å². The number of benzene rings is 1. The van der Waals surface area contributed by atoms with E-state index < -0.39 is 4.92 Å². The molecule has 0 atom stereocenters. The van der Waals surface area contributed by atoms with E-state index in [0.29, 0.717) is 16.8 Å². The number of aromatic nitrogens is 3. The van der Waals surface area contributed by atoms with Crippen molar-refractivity contribution in [3.63, 3.8) is 0 Å². The Labute approximate surface area is 125 Å². The fourth-order valence-electron chi connectivity index (χ4n) is 2.06. The molecule has 7 nitrogen and oxygen atoms in total. The van der Waals surface area contributed by atoms with Gasteiger partial charge in [-0.1, -0.05) is 12.1 Å². The van der Waals surface area contributed by atoms with E-state index in [0.717, 1.165) is 0 Å². The first-order chi connectivity index (χ1) is 10.7. The third-order valence-corrected chi connectivity index (χ3v) is 3.14. The number of nitriles is 1. The molecule has 0 saturated carbocycles. The van der Waals surface area contributed by atoms with E-state index >= 15 is 0 Å². The summed E-state index contributed by atoms with van der Waals surface area (Å²) in [6.07, 6.45) is 6.35. The van der Waals surface area contributed by atoms with Gasteiger partial charge in [-0.15, -0.1) is 0 Å². The molecule has 0 aliphatic carbocycles. The third kappa shape index (κ3) is 2.41. The van der Waals surface area contributed by atoms with Crippen LogP contribution >= 0.6 is 0 Å². The first-order valence-corrected chi connectivity index (χ1v) is 6.32. The number of rotatable bonds is 3. The molecule has 22 heavy (non-hydrogen) atoms. The molecule has 0 fully saturated rings. The summed E-state index contributed by atoms with van der Waals surface area (Å²) in [7, 11) is 0. The van der Waals surface area contributed by atoms with E-state index in [-0.39, 0.29) is 11.4 Å². The molecule has 0 saturated heterocycles. The normalized spacial score (nSPS) is 10.1. The fourth-order valence-corrected chi connectivity index (χ4v) is 2.06. The molecule has 0 N–H and O–H groups in total. The van der Waals surface area contributed by atoms with Gasteiger partial charge in [-0.3, -0.25) is 10.1 Å². The predicted octanol–water partition coefficient (Wildman–Crippen LogP) is 2.71. The third-order valence-electron chi connectivity index (χ3n) is 3.14. The molecule has 1 aromatic carbocycles. The van der Waals surface area contributed by atoms with Crippen LogP contribution in [0.25, 0.3) is 16.9 Å². The number of nitrogens with zero attached hydrogens (tertiary/aromatic N) is 5. The molecule has 106 valence electrons. The van der Waals surface area contributed by atoms with Crippen LogP contribution in [-0.2, 0) is 0 Å². The average molecular weight is 291 g/mol. The second-order valence-electron chi connectivity index (χ2n) is 4.48. The zero-order valence-electron chi connectivity index (χ0n) is 11.2. The Morgan fingerprint density at radius 1 is 1.27 bits per heavy atom. The number of hydrogen-bond acceptors (Lipinski definition) is 5. The highest BCUT2D eigenvalue weighted by molar-refractivity contribution is 5.71. The van der Waals surface area contributed by atoms with E-state index in [9.17, 15) is 10.1 Å². The van der Waals surface area contributed by atoms with Crippen LogP contribution in [0.5, 0.6) is 0 Å². The predicted molar refractivity (Wildman–Crippen MR) is 78.2 cm³/mol. The number of hydrogen-bond donors (Lipinski definition) is 0. The van der Waals surface area contributed by atoms with Crippen LogP contribution in [0.4, 0.5) is 5.69 Å². The standard InChI is InChI=1S/C15H9N5O2/c16-8-11-1-3-12(4-2-11)15-14(20(21)22)7-13(9-18-15)19-6-5-17-10-19/h1-7,9-10H. The average Bonchev–Trinajstić information content (AvgIpc) is 3.09. The maximum Gasteiger partial charge on any atom is 0.297 e. The molecule has 3 aromatic rings. The van der Waals surface area contributed by atoms with Crippen LogP contribution in [0.2, 0.25) is 0 Å². The highest BCUT2D eigenvalue weighted by Crippen LogP contribution is 2.29. The van der Waals surface area contributed by atoms with Crippen molar-refractivity contribution in [3.8, 4) is 23.0 Å². The highest BCUT2D eigenvalue weighted by atomic mass is 16.6. The highest BCUT2D eigenvalue weighted by Gasteiger charge is 2.18. The van der Waals surface area contributed by atoms with E-state index in [4.69, 9.17) is 5.26 Å². The minimum Gasteiger partial charge on any atom is -0.305 e. The molecule has 0 aliphatic rings. The van der Waals surface area contributed by atoms with Crippen molar-refractivity contribution in [2.75, 3.05) is 0 Å². The Bertz CT molecular complexity index is 864. The molecule has 0 aliphatic heterocycles. The van der Waals surface area contributed by atoms with Gasteiger partial charge in [0.25, 0.3) is 5.69 Å². The monoisotopic (exact) mass is 291 g/mol. The lowest BCUT2D eigenvalue weighted by Gasteiger charge is -2.06. The van der Waals surface area contributed by atoms with Crippen LogP contribution in [0.1, 0.15) is 5.56 Å². The molecule has 2 aromatic heterocycles. The maximum atomic E-state index is 11.3. The topological polar surface area (TPSA) is 97.6 Å². The lowest BCUT2D eigenvalue weighted by atomic mass is 10.1. The number of imidazole rings is 1. The lowest BCUT2D eigenvalue weighted by Crippen LogP contribution is -1.99. The molecule has 2 heterocycles. The van der Waals surface area contributed by atoms with Crippen molar-refractivity contribution in [3.05, 3.63) is 70.9 Å². The Kier molecular flexibility index (Phi) is 3.34. The van der Waals surface area contributed by atoms with Gasteiger partial charge in [0.15, 0.2) is 0 Å². The summed E-state index contributed by atoms with van der Waals surface area (Å²) in [5, 5.41) is 20.1. The molecular formula is C15H9N5O2. The van der Waals surface area contributed by atoms with Gasteiger partial charge in [0.05, 0.1) is 34.8 Å². The van der Waals surface area contributed by atoms with Crippen molar-refractivity contribution in [2.24, 2.45) is 0 Å². The van der Waals surface area contributed by atoms with Gasteiger partial charge in [0.1, 0.15) is 5.69 Å². The van der Waals surface area contributed by atoms with Gasteiger partial charge >= 0.3 is 0 Å². The summed E-state index contributed by atoms with van der Waals surface area (Å²) >= 11 is 0. The van der Waals surface area contributed by atoms with Crippen molar-refractivity contribution in [2.45, 2.75) is 0 Å². The van der Waals surface area contributed by atoms with Crippen LogP contribution < -0.4 is 0 Å². The summed E-state index contributed by atoms with van der Waals surface area (Å²) in [5.74, 6) is 0. The maximum absolute atomic E-state index is 11.3. The zero-order chi connectivity index (χ0) is 15.5. The van der Waals surface area contributed by atoms with E-state index in [2.05, 4.69) is 9.97 Å². The van der Waals surface area contributed by atoms with E-state index in [1.807, 2.05) is 6.07 Å². The van der Waals surface area contributed by atoms with Gasteiger partial charge in [0.2, 0.25) is 0 Å². The van der Waals surface area contributed by atoms with E-state index in [1.54, 1.807) is 53.8 Å². The van der Waals surface area contributed by atoms with Crippen LogP contribution in [0.15, 0.2) is 55.2 Å². The molecule has 0 spiro atoms. The summed E-state index contributed by atoms with van der Waals surface area (Å²) in [5.41, 5.74) is 1.79. The minimum absolute atomic E-state index is 0.101. The van der Waals surface area contributed by atoms with Crippen molar-refractivity contribution in [1.29, 1.82) is 5.26 Å². The molecule has 0 radical (unpaired) electrons. The molecule has 7 heteroatoms. The van der Waals surface area contributed by atoms with Crippen molar-refractivity contribution >= 4 is 5.69 Å². The minimum atomic E-state index is -0.471. The molecule has 3 rings (SSSR count). The van der Waals surface area contributed by atoms with Gasteiger partial charge in [-0.05, 0) is 12.1 Å². The molecule has 0 bridgehead atoms. The number of nitro groups is 1. The largest absolute Gasteiger partial charge is 0.305 e. The smallest absolute Gasteiger partial charge is 0.297 e. The van der Waals surface area contributed by atoms with Crippen molar-refractivity contribution < 1.29 is 4.92 Å². The van der Waals surface area contributed by atoms with E-state index in [1.165, 1.54) is 6.07 Å². The van der Waals surface area contributed by atoms with Gasteiger partial charge in [-0.25, -0.2) is 9.97 Å². The van der Waals surface area contributed by atoms with Crippen LogP contribution in [-0.4, -0.2) is 19.5 Å². The van der Waals surface area contributed by atoms with Crippen LogP contribution in [0.3, 0.4) is 0 Å². The van der Waals surface area contributed by atoms with Gasteiger partial charge in [0, 0.05) is 24.0 Å². The Morgan fingerprint density at radius 3 is 2.64 bits per heavy atom. The summed E-state index contributed by atoms with van der Waals surface area (Å²) < 4.78 is 1.64. The molecule has 0 amide bonds. The second-order valence-corrected chi connectivity index (χ2v) is 4.48. The summed E-state index contributed by atoms with van der Waals surface area (Å²) in [4.78, 5) is 19.0. The quantitative estimate of drug-likeness (QED) is 0.546. The fraction of sp³-hybridized carbons (Fsp3) is 0. The first kappa shape index (κ1) is 13.5. The van der Waals surface area contributed by atoms with Gasteiger partial charge < -0.3 is 4.57 Å². The summed E-state index contributed by atoms with van der Waals surface area (Å²) in [6, 6.07) is 9.94. The number of pyridine rings is 1. The Morgan fingerprint density at radius 2 is 2.05 bits per heavy atom. The molecule has 0 unspecified atom stereocenters. The lowest BCUT2D eigenvalue weighted by molar-refractivity contribution is -0.384. The van der Waals surface area contributed by atoms with Crippen molar-refractivity contribution in [1.82, 2.24) is 14.5 Å². The summed E-state index contributed by atoms with van der Waals surface area (Å²) in [6.45, 7) is 0. The Balaban J connectivity index is 2.11.